The van der Waals surface area contributed by atoms with Crippen LogP contribution in [0.3, 0.4) is 0 Å². The molecule has 0 fully saturated rings. The Kier molecular flexibility index (Phi) is 3.44. The predicted octanol–water partition coefficient (Wildman–Crippen LogP) is 5.40. The first-order valence-corrected chi connectivity index (χ1v) is 10.3. The van der Waals surface area contributed by atoms with E-state index in [1.54, 1.807) is 0 Å². The summed E-state index contributed by atoms with van der Waals surface area (Å²) in [6, 6.07) is 13.5. The Balaban J connectivity index is 1.40. The Bertz CT molecular complexity index is 1290. The number of aromatic nitrogens is 3. The van der Waals surface area contributed by atoms with Crippen molar-refractivity contribution in [1.29, 1.82) is 0 Å². The van der Waals surface area contributed by atoms with Gasteiger partial charge in [0.15, 0.2) is 5.82 Å². The Labute approximate surface area is 175 Å². The summed E-state index contributed by atoms with van der Waals surface area (Å²) in [7, 11) is 0. The maximum absolute atomic E-state index is 10.8. The number of hydrogen-bond acceptors (Lipinski definition) is 4. The lowest BCUT2D eigenvalue weighted by molar-refractivity contribution is 0.395. The summed E-state index contributed by atoms with van der Waals surface area (Å²) in [5.41, 5.74) is 4.19. The number of benzene rings is 2. The fourth-order valence-corrected chi connectivity index (χ4v) is 4.97. The van der Waals surface area contributed by atoms with E-state index < -0.39 is 0 Å². The maximum Gasteiger partial charge on any atom is 0.202 e. The van der Waals surface area contributed by atoms with Crippen LogP contribution < -0.4 is 0 Å². The van der Waals surface area contributed by atoms with E-state index in [4.69, 9.17) is 0 Å². The van der Waals surface area contributed by atoms with Gasteiger partial charge in [-0.3, -0.25) is 4.57 Å². The summed E-state index contributed by atoms with van der Waals surface area (Å²) >= 11 is 3.46. The standard InChI is InChI=1S/C23H16BrN3O2/c24-16-5-8-18-15(10-16)11-25-21(26-18)12-3-6-17(7-4-12)27-22(28)19-13-1-2-14(9-13)20(19)23(27)29/h1-8,10-11,13-14,28-29H,9H2/t13-,14?/m1/s1. The van der Waals surface area contributed by atoms with Gasteiger partial charge in [0.1, 0.15) is 0 Å². The first kappa shape index (κ1) is 16.8. The summed E-state index contributed by atoms with van der Waals surface area (Å²) in [5.74, 6) is 1.31. The van der Waals surface area contributed by atoms with Gasteiger partial charge in [-0.25, -0.2) is 9.97 Å². The molecule has 6 rings (SSSR count). The highest BCUT2D eigenvalue weighted by atomic mass is 79.9. The molecular formula is C23H16BrN3O2. The van der Waals surface area contributed by atoms with Crippen molar-refractivity contribution >= 4 is 26.8 Å². The highest BCUT2D eigenvalue weighted by Crippen LogP contribution is 2.57. The molecule has 5 nitrogen and oxygen atoms in total. The van der Waals surface area contributed by atoms with Crippen LogP contribution in [0.1, 0.15) is 29.4 Å². The second-order valence-electron chi connectivity index (χ2n) is 7.59. The van der Waals surface area contributed by atoms with Crippen LogP contribution in [-0.4, -0.2) is 24.7 Å². The van der Waals surface area contributed by atoms with Gasteiger partial charge in [0.2, 0.25) is 11.8 Å². The Morgan fingerprint density at radius 1 is 0.931 bits per heavy atom. The molecular weight excluding hydrogens is 430 g/mol. The van der Waals surface area contributed by atoms with Gasteiger partial charge in [-0.05, 0) is 48.9 Å². The van der Waals surface area contributed by atoms with Crippen LogP contribution in [0.4, 0.5) is 0 Å². The molecule has 2 N–H and O–H groups in total. The van der Waals surface area contributed by atoms with Crippen LogP contribution in [0, 0.1) is 0 Å². The Hall–Kier alpha value is -3.12. The van der Waals surface area contributed by atoms with Crippen LogP contribution in [-0.2, 0) is 0 Å². The van der Waals surface area contributed by atoms with Gasteiger partial charge in [-0.1, -0.05) is 28.1 Å². The Morgan fingerprint density at radius 2 is 1.62 bits per heavy atom. The second-order valence-corrected chi connectivity index (χ2v) is 8.50. The largest absolute Gasteiger partial charge is 0.494 e. The fourth-order valence-electron chi connectivity index (χ4n) is 4.59. The molecule has 0 aliphatic heterocycles. The molecule has 2 aliphatic carbocycles. The third-order valence-corrected chi connectivity index (χ3v) is 6.44. The molecule has 2 bridgehead atoms. The zero-order chi connectivity index (χ0) is 19.7. The number of rotatable bonds is 2. The van der Waals surface area contributed by atoms with E-state index in [-0.39, 0.29) is 23.6 Å². The van der Waals surface area contributed by atoms with Crippen molar-refractivity contribution in [3.05, 3.63) is 76.4 Å². The molecule has 0 spiro atoms. The lowest BCUT2D eigenvalue weighted by atomic mass is 10.0. The minimum atomic E-state index is 0.134. The van der Waals surface area contributed by atoms with Gasteiger partial charge < -0.3 is 10.2 Å². The van der Waals surface area contributed by atoms with Crippen molar-refractivity contribution in [1.82, 2.24) is 14.5 Å². The second kappa shape index (κ2) is 5.94. The van der Waals surface area contributed by atoms with Gasteiger partial charge in [-0.2, -0.15) is 0 Å². The minimum absolute atomic E-state index is 0.134. The molecule has 1 unspecified atom stereocenters. The fraction of sp³-hybridized carbons (Fsp3) is 0.130. The number of halogens is 1. The molecule has 4 aromatic rings. The van der Waals surface area contributed by atoms with E-state index in [2.05, 4.69) is 38.0 Å². The molecule has 2 aromatic carbocycles. The van der Waals surface area contributed by atoms with Gasteiger partial charge in [0, 0.05) is 44.6 Å². The van der Waals surface area contributed by atoms with E-state index in [9.17, 15) is 10.2 Å². The van der Waals surface area contributed by atoms with Crippen LogP contribution in [0.5, 0.6) is 11.8 Å². The zero-order valence-electron chi connectivity index (χ0n) is 15.2. The number of nitrogens with zero attached hydrogens (tertiary/aromatic N) is 3. The van der Waals surface area contributed by atoms with Crippen molar-refractivity contribution in [3.63, 3.8) is 0 Å². The SMILES string of the molecule is Oc1c2c(c(O)n1-c1ccc(-c3ncc4cc(Br)ccc4n3)cc1)[C@@H]1C=CC2C1. The van der Waals surface area contributed by atoms with Crippen molar-refractivity contribution in [2.24, 2.45) is 0 Å². The average Bonchev–Trinajstić information content (AvgIpc) is 3.42. The molecule has 0 saturated carbocycles. The zero-order valence-corrected chi connectivity index (χ0v) is 16.8. The first-order chi connectivity index (χ1) is 14.1. The molecule has 0 radical (unpaired) electrons. The quantitative estimate of drug-likeness (QED) is 0.405. The summed E-state index contributed by atoms with van der Waals surface area (Å²) in [4.78, 5) is 9.13. The lowest BCUT2D eigenvalue weighted by Gasteiger charge is -2.10. The molecule has 2 atom stereocenters. The number of allylic oxidation sites excluding steroid dienone is 2. The topological polar surface area (TPSA) is 71.2 Å². The average molecular weight is 446 g/mol. The summed E-state index contributed by atoms with van der Waals surface area (Å²) in [5, 5.41) is 22.5. The van der Waals surface area contributed by atoms with E-state index in [0.29, 0.717) is 11.5 Å². The van der Waals surface area contributed by atoms with Crippen LogP contribution in [0.15, 0.2) is 65.3 Å². The molecule has 6 heteroatoms. The molecule has 142 valence electrons. The minimum Gasteiger partial charge on any atom is -0.494 e. The van der Waals surface area contributed by atoms with Gasteiger partial charge in [-0.15, -0.1) is 0 Å². The van der Waals surface area contributed by atoms with E-state index in [1.807, 2.05) is 48.7 Å². The molecule has 2 aliphatic rings. The summed E-state index contributed by atoms with van der Waals surface area (Å²) in [6.07, 6.45) is 7.00. The maximum atomic E-state index is 10.8. The molecule has 29 heavy (non-hydrogen) atoms. The van der Waals surface area contributed by atoms with Crippen molar-refractivity contribution < 1.29 is 10.2 Å². The number of aromatic hydroxyl groups is 2. The highest BCUT2D eigenvalue weighted by molar-refractivity contribution is 9.10. The number of hydrogen-bond donors (Lipinski definition) is 2. The normalized spacial score (nSPS) is 19.2. The van der Waals surface area contributed by atoms with Crippen molar-refractivity contribution in [3.8, 4) is 28.8 Å². The van der Waals surface area contributed by atoms with Crippen LogP contribution >= 0.6 is 15.9 Å². The predicted molar refractivity (Wildman–Crippen MR) is 115 cm³/mol. The smallest absolute Gasteiger partial charge is 0.202 e. The lowest BCUT2D eigenvalue weighted by Crippen LogP contribution is -1.96. The van der Waals surface area contributed by atoms with E-state index in [1.165, 1.54) is 4.57 Å². The van der Waals surface area contributed by atoms with Gasteiger partial charge in [0.05, 0.1) is 11.2 Å². The molecule has 2 heterocycles. The molecule has 0 saturated heterocycles. The van der Waals surface area contributed by atoms with Crippen molar-refractivity contribution in [2.75, 3.05) is 0 Å². The summed E-state index contributed by atoms with van der Waals surface area (Å²) < 4.78 is 2.52. The van der Waals surface area contributed by atoms with Gasteiger partial charge in [0.25, 0.3) is 0 Å². The summed E-state index contributed by atoms with van der Waals surface area (Å²) in [6.45, 7) is 0. The highest BCUT2D eigenvalue weighted by Gasteiger charge is 2.41. The molecule has 2 aromatic heterocycles. The van der Waals surface area contributed by atoms with Crippen LogP contribution in [0.2, 0.25) is 0 Å². The first-order valence-electron chi connectivity index (χ1n) is 9.48. The van der Waals surface area contributed by atoms with Crippen molar-refractivity contribution in [2.45, 2.75) is 18.3 Å². The third-order valence-electron chi connectivity index (χ3n) is 5.95. The molecule has 0 amide bonds. The monoisotopic (exact) mass is 445 g/mol. The Morgan fingerprint density at radius 3 is 2.31 bits per heavy atom. The van der Waals surface area contributed by atoms with Gasteiger partial charge >= 0.3 is 0 Å². The third kappa shape index (κ3) is 2.39. The van der Waals surface area contributed by atoms with Crippen LogP contribution in [0.25, 0.3) is 28.0 Å². The van der Waals surface area contributed by atoms with E-state index >= 15 is 0 Å². The number of fused-ring (bicyclic) bond motifs is 6. The van der Waals surface area contributed by atoms with E-state index in [0.717, 1.165) is 38.5 Å².